The zero-order valence-corrected chi connectivity index (χ0v) is 17.0. The molecule has 0 N–H and O–H groups in total. The van der Waals surface area contributed by atoms with E-state index in [1.165, 1.54) is 0 Å². The number of hydrogen-bond donors (Lipinski definition) is 0. The monoisotopic (exact) mass is 407 g/mol. The van der Waals surface area contributed by atoms with Gasteiger partial charge in [0, 0.05) is 57.7 Å². The molecule has 0 aliphatic carbocycles. The molecule has 2 saturated heterocycles. The van der Waals surface area contributed by atoms with Gasteiger partial charge in [0.2, 0.25) is 5.95 Å². The molecule has 3 aromatic heterocycles. The van der Waals surface area contributed by atoms with Crippen molar-refractivity contribution in [3.8, 4) is 0 Å². The Morgan fingerprint density at radius 1 is 1.10 bits per heavy atom. The molecule has 0 spiro atoms. The van der Waals surface area contributed by atoms with E-state index in [2.05, 4.69) is 31.7 Å². The van der Waals surface area contributed by atoms with Crippen LogP contribution in [0.3, 0.4) is 0 Å². The van der Waals surface area contributed by atoms with E-state index in [4.69, 9.17) is 9.72 Å². The molecule has 0 bridgehead atoms. The summed E-state index contributed by atoms with van der Waals surface area (Å²) in [4.78, 5) is 32.9. The zero-order valence-electron chi connectivity index (χ0n) is 17.0. The normalized spacial score (nSPS) is 19.4. The van der Waals surface area contributed by atoms with Gasteiger partial charge in [-0.2, -0.15) is 4.98 Å². The highest BCUT2D eigenvalue weighted by atomic mass is 16.5. The average Bonchev–Trinajstić information content (AvgIpc) is 3.30. The van der Waals surface area contributed by atoms with E-state index in [0.717, 1.165) is 50.2 Å². The largest absolute Gasteiger partial charge is 0.378 e. The van der Waals surface area contributed by atoms with Crippen LogP contribution in [-0.4, -0.2) is 71.8 Å². The first-order valence-corrected chi connectivity index (χ1v) is 10.3. The van der Waals surface area contributed by atoms with Gasteiger partial charge in [-0.25, -0.2) is 9.97 Å². The summed E-state index contributed by atoms with van der Waals surface area (Å²) < 4.78 is 6.99. The van der Waals surface area contributed by atoms with Crippen LogP contribution in [0.5, 0.6) is 0 Å². The van der Waals surface area contributed by atoms with Crippen molar-refractivity contribution in [1.29, 1.82) is 0 Å². The maximum atomic E-state index is 12.4. The Morgan fingerprint density at radius 2 is 1.97 bits per heavy atom. The molecule has 2 aliphatic rings. The van der Waals surface area contributed by atoms with Gasteiger partial charge in [0.1, 0.15) is 17.3 Å². The first-order valence-electron chi connectivity index (χ1n) is 10.3. The molecule has 2 fully saturated rings. The zero-order chi connectivity index (χ0) is 20.5. The van der Waals surface area contributed by atoms with E-state index in [0.29, 0.717) is 18.9 Å². The lowest BCUT2D eigenvalue weighted by molar-refractivity contribution is 0.122. The number of ether oxygens (including phenoxy) is 1. The third kappa shape index (κ3) is 3.56. The summed E-state index contributed by atoms with van der Waals surface area (Å²) in [6.45, 7) is 4.69. The highest BCUT2D eigenvalue weighted by Crippen LogP contribution is 2.24. The summed E-state index contributed by atoms with van der Waals surface area (Å²) in [6.07, 6.45) is 4.54. The summed E-state index contributed by atoms with van der Waals surface area (Å²) in [7, 11) is 2.07. The fourth-order valence-electron chi connectivity index (χ4n) is 4.11. The molecule has 156 valence electrons. The van der Waals surface area contributed by atoms with Crippen molar-refractivity contribution in [2.75, 3.05) is 61.1 Å². The molecule has 30 heavy (non-hydrogen) atoms. The van der Waals surface area contributed by atoms with Gasteiger partial charge < -0.3 is 19.4 Å². The van der Waals surface area contributed by atoms with Crippen molar-refractivity contribution in [1.82, 2.24) is 19.4 Å². The average molecular weight is 407 g/mol. The lowest BCUT2D eigenvalue weighted by Gasteiger charge is -2.29. The van der Waals surface area contributed by atoms with Gasteiger partial charge in [-0.15, -0.1) is 0 Å². The molecular formula is C21H25N7O2. The van der Waals surface area contributed by atoms with Crippen molar-refractivity contribution >= 4 is 23.2 Å². The SMILES string of the molecule is CN(c1ccnc(N2CCOCC2)n1)C1CCN(c2cc(=O)n3ccccc3n2)C1. The Bertz CT molecular complexity index is 1100. The third-order valence-corrected chi connectivity index (χ3v) is 5.88. The molecule has 0 saturated carbocycles. The number of fused-ring (bicyclic) bond motifs is 1. The predicted molar refractivity (Wildman–Crippen MR) is 116 cm³/mol. The molecule has 9 heteroatoms. The van der Waals surface area contributed by atoms with Gasteiger partial charge >= 0.3 is 0 Å². The van der Waals surface area contributed by atoms with Crippen LogP contribution in [0.1, 0.15) is 6.42 Å². The van der Waals surface area contributed by atoms with Crippen molar-refractivity contribution in [3.05, 3.63) is 53.1 Å². The Balaban J connectivity index is 1.33. The maximum Gasteiger partial charge on any atom is 0.259 e. The number of likely N-dealkylation sites (N-methyl/N-ethyl adjacent to an activating group) is 1. The Morgan fingerprint density at radius 3 is 2.83 bits per heavy atom. The van der Waals surface area contributed by atoms with Crippen LogP contribution in [0.2, 0.25) is 0 Å². The molecule has 9 nitrogen and oxygen atoms in total. The lowest BCUT2D eigenvalue weighted by Crippen LogP contribution is -2.38. The minimum atomic E-state index is -0.0571. The van der Waals surface area contributed by atoms with Crippen LogP contribution >= 0.6 is 0 Å². The summed E-state index contributed by atoms with van der Waals surface area (Å²) >= 11 is 0. The van der Waals surface area contributed by atoms with Crippen molar-refractivity contribution in [3.63, 3.8) is 0 Å². The van der Waals surface area contributed by atoms with Gasteiger partial charge in [0.25, 0.3) is 5.56 Å². The second-order valence-corrected chi connectivity index (χ2v) is 7.70. The molecule has 0 amide bonds. The van der Waals surface area contributed by atoms with E-state index in [-0.39, 0.29) is 11.6 Å². The van der Waals surface area contributed by atoms with Crippen LogP contribution in [0, 0.1) is 0 Å². The minimum absolute atomic E-state index is 0.0571. The number of anilines is 3. The quantitative estimate of drug-likeness (QED) is 0.635. The fourth-order valence-corrected chi connectivity index (χ4v) is 4.11. The van der Waals surface area contributed by atoms with Crippen molar-refractivity contribution in [2.24, 2.45) is 0 Å². The van der Waals surface area contributed by atoms with E-state index < -0.39 is 0 Å². The Kier molecular flexibility index (Phi) is 4.96. The molecule has 3 aromatic rings. The molecule has 1 unspecified atom stereocenters. The fraction of sp³-hybridized carbons (Fsp3) is 0.429. The van der Waals surface area contributed by atoms with E-state index >= 15 is 0 Å². The predicted octanol–water partition coefficient (Wildman–Crippen LogP) is 1.04. The number of aromatic nitrogens is 4. The highest BCUT2D eigenvalue weighted by molar-refractivity contribution is 5.50. The number of morpholine rings is 1. The van der Waals surface area contributed by atoms with Crippen LogP contribution in [0.15, 0.2) is 47.5 Å². The lowest BCUT2D eigenvalue weighted by atomic mass is 10.2. The van der Waals surface area contributed by atoms with E-state index in [9.17, 15) is 4.79 Å². The first kappa shape index (κ1) is 18.8. The van der Waals surface area contributed by atoms with Gasteiger partial charge in [-0.05, 0) is 24.6 Å². The first-order chi connectivity index (χ1) is 14.7. The second-order valence-electron chi connectivity index (χ2n) is 7.70. The highest BCUT2D eigenvalue weighted by Gasteiger charge is 2.28. The summed E-state index contributed by atoms with van der Waals surface area (Å²) in [6, 6.07) is 9.45. The topological polar surface area (TPSA) is 79.1 Å². The smallest absolute Gasteiger partial charge is 0.259 e. The maximum absolute atomic E-state index is 12.4. The van der Waals surface area contributed by atoms with Gasteiger partial charge in [-0.3, -0.25) is 9.20 Å². The van der Waals surface area contributed by atoms with E-state index in [1.807, 2.05) is 30.5 Å². The van der Waals surface area contributed by atoms with Gasteiger partial charge in [0.05, 0.1) is 13.2 Å². The van der Waals surface area contributed by atoms with Crippen molar-refractivity contribution in [2.45, 2.75) is 12.5 Å². The molecule has 0 aromatic carbocycles. The number of rotatable bonds is 4. The standard InChI is InChI=1S/C21H25N7O2/c1-25(17-5-7-22-21(24-17)26-10-12-30-13-11-26)16-6-9-27(15-16)19-14-20(29)28-8-3-2-4-18(28)23-19/h2-5,7-8,14,16H,6,9-13,15H2,1H3. The number of pyridine rings is 1. The number of nitrogens with zero attached hydrogens (tertiary/aromatic N) is 7. The summed E-state index contributed by atoms with van der Waals surface area (Å²) in [5, 5.41) is 0. The summed E-state index contributed by atoms with van der Waals surface area (Å²) in [5.41, 5.74) is 0.612. The van der Waals surface area contributed by atoms with E-state index in [1.54, 1.807) is 16.7 Å². The Hall–Kier alpha value is -3.20. The Labute approximate surface area is 174 Å². The van der Waals surface area contributed by atoms with Crippen LogP contribution < -0.4 is 20.3 Å². The number of hydrogen-bond acceptors (Lipinski definition) is 8. The molecule has 0 radical (unpaired) electrons. The molecule has 1 atom stereocenters. The van der Waals surface area contributed by atoms with Crippen LogP contribution in [0.4, 0.5) is 17.6 Å². The molecule has 2 aliphatic heterocycles. The van der Waals surface area contributed by atoms with Crippen LogP contribution in [-0.2, 0) is 4.74 Å². The second kappa shape index (κ2) is 7.91. The van der Waals surface area contributed by atoms with Crippen molar-refractivity contribution < 1.29 is 4.74 Å². The minimum Gasteiger partial charge on any atom is -0.378 e. The summed E-state index contributed by atoms with van der Waals surface area (Å²) in [5.74, 6) is 2.39. The molecule has 5 heterocycles. The molecule has 5 rings (SSSR count). The van der Waals surface area contributed by atoms with Gasteiger partial charge in [-0.1, -0.05) is 6.07 Å². The molecular weight excluding hydrogens is 382 g/mol. The third-order valence-electron chi connectivity index (χ3n) is 5.88. The van der Waals surface area contributed by atoms with Crippen LogP contribution in [0.25, 0.3) is 5.65 Å². The van der Waals surface area contributed by atoms with Gasteiger partial charge in [0.15, 0.2) is 0 Å².